The fraction of sp³-hybridized carbons (Fsp3) is 0.226. The van der Waals surface area contributed by atoms with E-state index in [0.717, 1.165) is 22.2 Å². The summed E-state index contributed by atoms with van der Waals surface area (Å²) in [5, 5.41) is 21.7. The SMILES string of the molecule is COC(=O)c1cc2ccccc2n1-c1ccc(CNC(=O)C2(NC(=O)c3cc(OC)no3)CC2)cc1.COc1cc(C(=O)O)on1. The Morgan fingerprint density at radius 1 is 0.891 bits per heavy atom. The van der Waals surface area contributed by atoms with Crippen molar-refractivity contribution in [1.29, 1.82) is 0 Å². The van der Waals surface area contributed by atoms with E-state index in [-0.39, 0.29) is 35.7 Å². The lowest BCUT2D eigenvalue weighted by molar-refractivity contribution is -0.124. The molecule has 3 heterocycles. The van der Waals surface area contributed by atoms with E-state index in [2.05, 4.69) is 30.2 Å². The molecule has 1 fully saturated rings. The smallest absolute Gasteiger partial charge is 0.374 e. The zero-order valence-electron chi connectivity index (χ0n) is 24.9. The third kappa shape index (κ3) is 6.67. The zero-order chi connectivity index (χ0) is 32.8. The molecule has 3 aromatic heterocycles. The number of rotatable bonds is 10. The number of carboxylic acid groups (broad SMARTS) is 1. The van der Waals surface area contributed by atoms with Crippen LogP contribution in [0.5, 0.6) is 11.8 Å². The van der Waals surface area contributed by atoms with E-state index in [1.54, 1.807) is 6.07 Å². The van der Waals surface area contributed by atoms with Gasteiger partial charge >= 0.3 is 11.9 Å². The lowest BCUT2D eigenvalue weighted by Crippen LogP contribution is -2.48. The largest absolute Gasteiger partial charge is 0.479 e. The van der Waals surface area contributed by atoms with Crippen molar-refractivity contribution < 1.29 is 47.5 Å². The number of aromatic nitrogens is 3. The Morgan fingerprint density at radius 2 is 1.52 bits per heavy atom. The van der Waals surface area contributed by atoms with Gasteiger partial charge in [-0.1, -0.05) is 30.3 Å². The van der Waals surface area contributed by atoms with Gasteiger partial charge in [-0.05, 0) is 53.0 Å². The monoisotopic (exact) mass is 631 g/mol. The van der Waals surface area contributed by atoms with Crippen molar-refractivity contribution in [2.24, 2.45) is 0 Å². The summed E-state index contributed by atoms with van der Waals surface area (Å²) < 4.78 is 25.6. The molecule has 0 spiro atoms. The number of methoxy groups -OCH3 is 3. The minimum atomic E-state index is -1.16. The second-order valence-electron chi connectivity index (χ2n) is 10.1. The molecule has 3 N–H and O–H groups in total. The second kappa shape index (κ2) is 13.3. The maximum absolute atomic E-state index is 12.8. The fourth-order valence-corrected chi connectivity index (χ4v) is 4.53. The third-order valence-corrected chi connectivity index (χ3v) is 7.12. The highest BCUT2D eigenvalue weighted by atomic mass is 16.5. The number of nitrogens with zero attached hydrogens (tertiary/aromatic N) is 3. The number of carbonyl (C=O) groups excluding carboxylic acids is 3. The molecule has 2 amide bonds. The Hall–Kier alpha value is -6.12. The number of hydrogen-bond acceptors (Lipinski definition) is 11. The fourth-order valence-electron chi connectivity index (χ4n) is 4.53. The molecule has 46 heavy (non-hydrogen) atoms. The Morgan fingerprint density at radius 3 is 2.09 bits per heavy atom. The van der Waals surface area contributed by atoms with Crippen LogP contribution in [0.15, 0.2) is 75.8 Å². The van der Waals surface area contributed by atoms with Crippen molar-refractivity contribution >= 4 is 34.7 Å². The van der Waals surface area contributed by atoms with Crippen LogP contribution in [0.2, 0.25) is 0 Å². The van der Waals surface area contributed by atoms with Gasteiger partial charge in [0.15, 0.2) is 0 Å². The summed E-state index contributed by atoms with van der Waals surface area (Å²) in [4.78, 5) is 47.8. The number of nitrogens with one attached hydrogen (secondary N) is 2. The average molecular weight is 632 g/mol. The summed E-state index contributed by atoms with van der Waals surface area (Å²) in [5.74, 6) is -2.28. The van der Waals surface area contributed by atoms with Gasteiger partial charge in [0.05, 0.1) is 39.0 Å². The van der Waals surface area contributed by atoms with Gasteiger partial charge in [-0.3, -0.25) is 9.59 Å². The highest BCUT2D eigenvalue weighted by Gasteiger charge is 2.51. The summed E-state index contributed by atoms with van der Waals surface area (Å²) in [6, 6.07) is 19.6. The summed E-state index contributed by atoms with van der Waals surface area (Å²) in [7, 11) is 4.15. The first-order chi connectivity index (χ1) is 22.2. The molecule has 0 radical (unpaired) electrons. The number of para-hydroxylation sites is 1. The van der Waals surface area contributed by atoms with Gasteiger partial charge < -0.3 is 43.6 Å². The lowest BCUT2D eigenvalue weighted by atomic mass is 10.1. The number of carboxylic acids is 1. The summed E-state index contributed by atoms with van der Waals surface area (Å²) in [5.41, 5.74) is 2.01. The number of esters is 1. The predicted molar refractivity (Wildman–Crippen MR) is 159 cm³/mol. The normalized spacial score (nSPS) is 12.8. The first kappa shape index (κ1) is 31.3. The molecule has 2 aromatic carbocycles. The Kier molecular flexibility index (Phi) is 9.02. The molecule has 0 saturated heterocycles. The molecule has 15 nitrogen and oxygen atoms in total. The van der Waals surface area contributed by atoms with E-state index < -0.39 is 23.4 Å². The molecule has 5 aromatic rings. The van der Waals surface area contributed by atoms with Crippen molar-refractivity contribution in [2.75, 3.05) is 21.3 Å². The quantitative estimate of drug-likeness (QED) is 0.190. The Balaban J connectivity index is 0.000000356. The van der Waals surface area contributed by atoms with Crippen LogP contribution in [0.25, 0.3) is 16.6 Å². The van der Waals surface area contributed by atoms with Gasteiger partial charge in [-0.15, -0.1) is 0 Å². The minimum Gasteiger partial charge on any atom is -0.479 e. The number of hydrogen-bond donors (Lipinski definition) is 3. The third-order valence-electron chi connectivity index (χ3n) is 7.12. The molecule has 238 valence electrons. The topological polar surface area (TPSA) is 197 Å². The van der Waals surface area contributed by atoms with Crippen LogP contribution in [0.4, 0.5) is 0 Å². The predicted octanol–water partition coefficient (Wildman–Crippen LogP) is 3.37. The first-order valence-corrected chi connectivity index (χ1v) is 13.8. The molecular weight excluding hydrogens is 602 g/mol. The number of benzene rings is 2. The molecule has 0 atom stereocenters. The maximum Gasteiger partial charge on any atom is 0.374 e. The van der Waals surface area contributed by atoms with Gasteiger partial charge in [0.2, 0.25) is 17.4 Å². The zero-order valence-corrected chi connectivity index (χ0v) is 24.9. The number of aromatic carboxylic acids is 1. The molecule has 0 aliphatic heterocycles. The Bertz CT molecular complexity index is 1880. The number of carbonyl (C=O) groups is 4. The summed E-state index contributed by atoms with van der Waals surface area (Å²) >= 11 is 0. The summed E-state index contributed by atoms with van der Waals surface area (Å²) in [6.45, 7) is 0.281. The van der Waals surface area contributed by atoms with E-state index in [1.165, 1.54) is 33.5 Å². The number of fused-ring (bicyclic) bond motifs is 1. The molecule has 6 rings (SSSR count). The molecular formula is C31H29N5O10. The van der Waals surface area contributed by atoms with Crippen LogP contribution < -0.4 is 20.1 Å². The average Bonchev–Trinajstić information content (AvgIpc) is 3.44. The van der Waals surface area contributed by atoms with E-state index >= 15 is 0 Å². The molecule has 15 heteroatoms. The minimum absolute atomic E-state index is 0.0228. The first-order valence-electron chi connectivity index (χ1n) is 13.8. The van der Waals surface area contributed by atoms with Gasteiger partial charge in [-0.2, -0.15) is 0 Å². The van der Waals surface area contributed by atoms with Gasteiger partial charge in [0.1, 0.15) is 11.2 Å². The van der Waals surface area contributed by atoms with Crippen molar-refractivity contribution in [3.8, 4) is 17.4 Å². The molecule has 1 saturated carbocycles. The molecule has 1 aliphatic rings. The molecule has 0 bridgehead atoms. The maximum atomic E-state index is 12.8. The van der Waals surface area contributed by atoms with Gasteiger partial charge in [-0.25, -0.2) is 9.59 Å². The van der Waals surface area contributed by atoms with E-state index in [4.69, 9.17) is 19.1 Å². The van der Waals surface area contributed by atoms with Crippen LogP contribution in [0.1, 0.15) is 50.0 Å². The van der Waals surface area contributed by atoms with Gasteiger partial charge in [0.25, 0.3) is 17.7 Å². The highest BCUT2D eigenvalue weighted by molar-refractivity contribution is 5.99. The second-order valence-corrected chi connectivity index (χ2v) is 10.1. The van der Waals surface area contributed by atoms with E-state index in [0.29, 0.717) is 18.5 Å². The van der Waals surface area contributed by atoms with Crippen molar-refractivity contribution in [1.82, 2.24) is 25.5 Å². The van der Waals surface area contributed by atoms with Crippen molar-refractivity contribution in [3.63, 3.8) is 0 Å². The molecule has 0 unspecified atom stereocenters. The van der Waals surface area contributed by atoms with Crippen LogP contribution >= 0.6 is 0 Å². The van der Waals surface area contributed by atoms with Crippen LogP contribution in [0.3, 0.4) is 0 Å². The van der Waals surface area contributed by atoms with Gasteiger partial charge in [0, 0.05) is 17.6 Å². The summed E-state index contributed by atoms with van der Waals surface area (Å²) in [6.07, 6.45) is 1.07. The van der Waals surface area contributed by atoms with E-state index in [9.17, 15) is 19.2 Å². The van der Waals surface area contributed by atoms with Crippen LogP contribution in [0, 0.1) is 0 Å². The highest BCUT2D eigenvalue weighted by Crippen LogP contribution is 2.36. The van der Waals surface area contributed by atoms with Crippen molar-refractivity contribution in [3.05, 3.63) is 89.5 Å². The lowest BCUT2D eigenvalue weighted by Gasteiger charge is -2.16. The number of amides is 2. The standard InChI is InChI=1S/C26H24N4O6.C5H5NO4/c1-34-22-14-21(36-29-22)23(31)28-26(11-12-26)25(33)27-15-16-7-9-18(10-8-16)30-19-6-4-3-5-17(19)13-20(30)24(32)35-2;1-9-4-2-3(5(7)8)10-6-4/h3-10,13-14H,11-12,15H2,1-2H3,(H,27,33)(H,28,31);2H,1H3,(H,7,8). The number of ether oxygens (including phenoxy) is 3. The Labute approximate surface area is 261 Å². The molecule has 1 aliphatic carbocycles. The van der Waals surface area contributed by atoms with E-state index in [1.807, 2.05) is 53.1 Å². The van der Waals surface area contributed by atoms with Crippen LogP contribution in [-0.2, 0) is 16.1 Å². The van der Waals surface area contributed by atoms with Crippen molar-refractivity contribution in [2.45, 2.75) is 24.9 Å². The van der Waals surface area contributed by atoms with Crippen LogP contribution in [-0.4, -0.2) is 70.6 Å².